The molecule has 2 aliphatic carbocycles. The van der Waals surface area contributed by atoms with Crippen molar-refractivity contribution in [2.75, 3.05) is 0 Å². The van der Waals surface area contributed by atoms with Crippen molar-refractivity contribution in [1.82, 2.24) is 0 Å². The van der Waals surface area contributed by atoms with E-state index >= 15 is 0 Å². The highest BCUT2D eigenvalue weighted by Crippen LogP contribution is 2.47. The SMILES string of the molecule is C[C@H]1CC[C@H]2CC(=O)[C@H]21. The quantitative estimate of drug-likeness (QED) is 0.479. The summed E-state index contributed by atoms with van der Waals surface area (Å²) in [6.45, 7) is 2.21. The molecule has 0 amide bonds. The van der Waals surface area contributed by atoms with Crippen LogP contribution in [0.15, 0.2) is 0 Å². The lowest BCUT2D eigenvalue weighted by Crippen LogP contribution is -2.35. The Bertz CT molecular complexity index is 145. The maximum atomic E-state index is 10.9. The van der Waals surface area contributed by atoms with E-state index in [-0.39, 0.29) is 0 Å². The zero-order chi connectivity index (χ0) is 6.43. The maximum absolute atomic E-state index is 10.9. The summed E-state index contributed by atoms with van der Waals surface area (Å²) in [4.78, 5) is 10.9. The molecule has 0 bridgehead atoms. The zero-order valence-electron chi connectivity index (χ0n) is 5.76. The highest BCUT2D eigenvalue weighted by molar-refractivity contribution is 5.88. The zero-order valence-corrected chi connectivity index (χ0v) is 5.76. The maximum Gasteiger partial charge on any atom is 0.136 e. The van der Waals surface area contributed by atoms with Gasteiger partial charge in [0, 0.05) is 12.3 Å². The fraction of sp³-hybridized carbons (Fsp3) is 0.875. The van der Waals surface area contributed by atoms with Crippen LogP contribution in [0.25, 0.3) is 0 Å². The van der Waals surface area contributed by atoms with Crippen molar-refractivity contribution in [3.05, 3.63) is 0 Å². The predicted octanol–water partition coefficient (Wildman–Crippen LogP) is 1.62. The Morgan fingerprint density at radius 3 is 2.67 bits per heavy atom. The molecule has 3 atom stereocenters. The third-order valence-electron chi connectivity index (χ3n) is 2.95. The number of carbonyl (C=O) groups excluding carboxylic acids is 1. The van der Waals surface area contributed by atoms with E-state index in [0.29, 0.717) is 17.6 Å². The first-order chi connectivity index (χ1) is 4.29. The molecular formula is C8H12O. The van der Waals surface area contributed by atoms with Crippen LogP contribution in [0.5, 0.6) is 0 Å². The first-order valence-electron chi connectivity index (χ1n) is 3.82. The van der Waals surface area contributed by atoms with Gasteiger partial charge in [-0.05, 0) is 24.7 Å². The van der Waals surface area contributed by atoms with Crippen LogP contribution in [0.4, 0.5) is 0 Å². The first kappa shape index (κ1) is 5.45. The number of fused-ring (bicyclic) bond motifs is 1. The molecule has 2 fully saturated rings. The number of rotatable bonds is 0. The molecule has 0 saturated heterocycles. The average Bonchev–Trinajstić information content (AvgIpc) is 2.04. The number of hydrogen-bond acceptors (Lipinski definition) is 1. The Labute approximate surface area is 55.4 Å². The van der Waals surface area contributed by atoms with Crippen molar-refractivity contribution >= 4 is 5.78 Å². The normalized spacial score (nSPS) is 48.6. The molecule has 0 radical (unpaired) electrons. The highest BCUT2D eigenvalue weighted by Gasteiger charge is 2.46. The van der Waals surface area contributed by atoms with Crippen LogP contribution in [0, 0.1) is 17.8 Å². The number of carbonyl (C=O) groups is 1. The van der Waals surface area contributed by atoms with Gasteiger partial charge in [-0.25, -0.2) is 0 Å². The molecule has 0 N–H and O–H groups in total. The van der Waals surface area contributed by atoms with Crippen LogP contribution in [0.3, 0.4) is 0 Å². The minimum Gasteiger partial charge on any atom is -0.299 e. The number of Topliss-reactive ketones (excluding diaryl/α,β-unsaturated/α-hetero) is 1. The molecule has 0 spiro atoms. The Morgan fingerprint density at radius 1 is 1.44 bits per heavy atom. The lowest BCUT2D eigenvalue weighted by molar-refractivity contribution is -0.134. The smallest absolute Gasteiger partial charge is 0.136 e. The molecule has 2 saturated carbocycles. The molecule has 0 aromatic heterocycles. The van der Waals surface area contributed by atoms with Gasteiger partial charge in [0.1, 0.15) is 5.78 Å². The minimum absolute atomic E-state index is 0.491. The Balaban J connectivity index is 2.14. The van der Waals surface area contributed by atoms with E-state index < -0.39 is 0 Å². The summed E-state index contributed by atoms with van der Waals surface area (Å²) in [7, 11) is 0. The topological polar surface area (TPSA) is 17.1 Å². The second-order valence-electron chi connectivity index (χ2n) is 3.51. The summed E-state index contributed by atoms with van der Waals surface area (Å²) in [6.07, 6.45) is 3.51. The fourth-order valence-corrected chi connectivity index (χ4v) is 2.34. The van der Waals surface area contributed by atoms with E-state index in [4.69, 9.17) is 0 Å². The predicted molar refractivity (Wildman–Crippen MR) is 35.0 cm³/mol. The summed E-state index contributed by atoms with van der Waals surface area (Å²) in [6, 6.07) is 0. The third-order valence-corrected chi connectivity index (χ3v) is 2.95. The second kappa shape index (κ2) is 1.59. The molecule has 9 heavy (non-hydrogen) atoms. The third kappa shape index (κ3) is 0.577. The molecule has 0 aromatic carbocycles. The van der Waals surface area contributed by atoms with Crippen molar-refractivity contribution in [2.45, 2.75) is 26.2 Å². The standard InChI is InChI=1S/C8H12O/c1-5-2-3-6-4-7(9)8(5)6/h5-6,8H,2-4H2,1H3/t5-,6-,8-/m0/s1. The van der Waals surface area contributed by atoms with E-state index in [9.17, 15) is 4.79 Å². The Kier molecular flexibility index (Phi) is 0.961. The van der Waals surface area contributed by atoms with Gasteiger partial charge < -0.3 is 0 Å². The van der Waals surface area contributed by atoms with Gasteiger partial charge in [0.05, 0.1) is 0 Å². The first-order valence-corrected chi connectivity index (χ1v) is 3.82. The minimum atomic E-state index is 0.491. The molecule has 0 aromatic rings. The van der Waals surface area contributed by atoms with Crippen LogP contribution in [-0.4, -0.2) is 5.78 Å². The summed E-state index contributed by atoms with van der Waals surface area (Å²) >= 11 is 0. The molecular weight excluding hydrogens is 112 g/mol. The van der Waals surface area contributed by atoms with Crippen LogP contribution in [-0.2, 0) is 4.79 Å². The summed E-state index contributed by atoms with van der Waals surface area (Å²) in [5, 5.41) is 0. The summed E-state index contributed by atoms with van der Waals surface area (Å²) in [5.74, 6) is 2.53. The lowest BCUT2D eigenvalue weighted by atomic mass is 9.72. The van der Waals surface area contributed by atoms with Crippen molar-refractivity contribution in [1.29, 1.82) is 0 Å². The van der Waals surface area contributed by atoms with Crippen molar-refractivity contribution in [3.8, 4) is 0 Å². The van der Waals surface area contributed by atoms with E-state index in [1.165, 1.54) is 12.8 Å². The summed E-state index contributed by atoms with van der Waals surface area (Å²) in [5.41, 5.74) is 0. The second-order valence-corrected chi connectivity index (χ2v) is 3.51. The number of ketones is 1. The number of hydrogen-bond donors (Lipinski definition) is 0. The fourth-order valence-electron chi connectivity index (χ4n) is 2.34. The van der Waals surface area contributed by atoms with E-state index in [1.54, 1.807) is 0 Å². The Morgan fingerprint density at radius 2 is 2.22 bits per heavy atom. The van der Waals surface area contributed by atoms with Crippen molar-refractivity contribution < 1.29 is 4.79 Å². The van der Waals surface area contributed by atoms with Gasteiger partial charge in [0.15, 0.2) is 0 Å². The molecule has 2 rings (SSSR count). The van der Waals surface area contributed by atoms with Gasteiger partial charge in [-0.1, -0.05) is 6.92 Å². The van der Waals surface area contributed by atoms with Crippen molar-refractivity contribution in [2.24, 2.45) is 17.8 Å². The molecule has 0 aliphatic heterocycles. The largest absolute Gasteiger partial charge is 0.299 e. The van der Waals surface area contributed by atoms with Crippen molar-refractivity contribution in [3.63, 3.8) is 0 Å². The van der Waals surface area contributed by atoms with Crippen LogP contribution >= 0.6 is 0 Å². The lowest BCUT2D eigenvalue weighted by Gasteiger charge is -2.30. The highest BCUT2D eigenvalue weighted by atomic mass is 16.1. The summed E-state index contributed by atoms with van der Waals surface area (Å²) < 4.78 is 0. The molecule has 1 nitrogen and oxygen atoms in total. The molecule has 0 unspecified atom stereocenters. The average molecular weight is 124 g/mol. The molecule has 50 valence electrons. The van der Waals surface area contributed by atoms with Crippen LogP contribution in [0.1, 0.15) is 26.2 Å². The molecule has 2 aliphatic rings. The van der Waals surface area contributed by atoms with E-state index in [2.05, 4.69) is 6.92 Å². The van der Waals surface area contributed by atoms with E-state index in [0.717, 1.165) is 12.3 Å². The molecule has 1 heteroatoms. The van der Waals surface area contributed by atoms with Gasteiger partial charge >= 0.3 is 0 Å². The van der Waals surface area contributed by atoms with Gasteiger partial charge in [0.2, 0.25) is 0 Å². The van der Waals surface area contributed by atoms with Gasteiger partial charge in [-0.2, -0.15) is 0 Å². The van der Waals surface area contributed by atoms with Gasteiger partial charge in [-0.3, -0.25) is 4.79 Å². The van der Waals surface area contributed by atoms with Crippen LogP contribution < -0.4 is 0 Å². The monoisotopic (exact) mass is 124 g/mol. The van der Waals surface area contributed by atoms with Gasteiger partial charge in [-0.15, -0.1) is 0 Å². The molecule has 0 heterocycles. The van der Waals surface area contributed by atoms with E-state index in [1.807, 2.05) is 0 Å². The van der Waals surface area contributed by atoms with Crippen LogP contribution in [0.2, 0.25) is 0 Å². The Hall–Kier alpha value is -0.330. The van der Waals surface area contributed by atoms with Gasteiger partial charge in [0.25, 0.3) is 0 Å².